The Morgan fingerprint density at radius 3 is 2.36 bits per heavy atom. The summed E-state index contributed by atoms with van der Waals surface area (Å²) in [5, 5.41) is 21.4. The highest BCUT2D eigenvalue weighted by molar-refractivity contribution is 5.83. The number of carbonyl (C=O) groups is 2. The molecule has 0 bridgehead atoms. The van der Waals surface area contributed by atoms with E-state index in [-0.39, 0.29) is 12.5 Å². The number of hydrogen-bond acceptors (Lipinski definition) is 5. The Morgan fingerprint density at radius 2 is 1.71 bits per heavy atom. The molecule has 1 N–H and O–H groups in total. The minimum absolute atomic E-state index is 0.291. The van der Waals surface area contributed by atoms with Gasteiger partial charge in [-0.25, -0.2) is 0 Å². The molecule has 1 atom stereocenters. The summed E-state index contributed by atoms with van der Waals surface area (Å²) in [6, 6.07) is 18.2. The van der Waals surface area contributed by atoms with Crippen LogP contribution in [-0.4, -0.2) is 55.2 Å². The van der Waals surface area contributed by atoms with Crippen molar-refractivity contribution in [3.8, 4) is 11.4 Å². The highest BCUT2D eigenvalue weighted by Gasteiger charge is 2.26. The van der Waals surface area contributed by atoms with Gasteiger partial charge in [-0.1, -0.05) is 60.7 Å². The number of tetrazole rings is 1. The van der Waals surface area contributed by atoms with Crippen LogP contribution in [0.15, 0.2) is 60.7 Å². The van der Waals surface area contributed by atoms with Crippen molar-refractivity contribution >= 4 is 11.9 Å². The maximum Gasteiger partial charge on any atom is 0.323 e. The highest BCUT2D eigenvalue weighted by atomic mass is 16.4. The van der Waals surface area contributed by atoms with Gasteiger partial charge in [0.05, 0.1) is 0 Å². The molecule has 0 radical (unpaired) electrons. The molecule has 8 heteroatoms. The summed E-state index contributed by atoms with van der Waals surface area (Å²) >= 11 is 0. The number of benzene rings is 2. The number of nitrogens with zero attached hydrogens (tertiary/aromatic N) is 5. The molecular weight excluding hydrogens is 358 g/mol. The molecule has 3 aromatic rings. The van der Waals surface area contributed by atoms with E-state index in [1.807, 2.05) is 60.7 Å². The SMILES string of the molecule is CC(C(=O)N(CCc1ccccc1)CC(=O)O)n1nnc(-c2ccccc2)n1. The number of amides is 1. The van der Waals surface area contributed by atoms with Crippen LogP contribution in [0.1, 0.15) is 18.5 Å². The zero-order valence-corrected chi connectivity index (χ0v) is 15.5. The van der Waals surface area contributed by atoms with Crippen molar-refractivity contribution in [2.45, 2.75) is 19.4 Å². The molecule has 0 aliphatic carbocycles. The van der Waals surface area contributed by atoms with E-state index in [2.05, 4.69) is 15.4 Å². The molecule has 8 nitrogen and oxygen atoms in total. The molecule has 28 heavy (non-hydrogen) atoms. The summed E-state index contributed by atoms with van der Waals surface area (Å²) in [4.78, 5) is 26.6. The zero-order valence-electron chi connectivity index (χ0n) is 15.5. The highest BCUT2D eigenvalue weighted by Crippen LogP contribution is 2.15. The molecule has 144 valence electrons. The van der Waals surface area contributed by atoms with Crippen LogP contribution in [0.5, 0.6) is 0 Å². The number of carboxylic acid groups (broad SMARTS) is 1. The van der Waals surface area contributed by atoms with Crippen molar-refractivity contribution < 1.29 is 14.7 Å². The van der Waals surface area contributed by atoms with Gasteiger partial charge in [0.15, 0.2) is 0 Å². The van der Waals surface area contributed by atoms with Crippen molar-refractivity contribution in [1.29, 1.82) is 0 Å². The Bertz CT molecular complexity index is 927. The van der Waals surface area contributed by atoms with E-state index in [1.54, 1.807) is 6.92 Å². The predicted octanol–water partition coefficient (Wildman–Crippen LogP) is 2.06. The minimum Gasteiger partial charge on any atom is -0.480 e. The average molecular weight is 379 g/mol. The number of rotatable bonds is 8. The van der Waals surface area contributed by atoms with Gasteiger partial charge in [-0.2, -0.15) is 4.80 Å². The third-order valence-electron chi connectivity index (χ3n) is 4.32. The van der Waals surface area contributed by atoms with Gasteiger partial charge in [-0.05, 0) is 24.1 Å². The van der Waals surface area contributed by atoms with E-state index in [1.165, 1.54) is 9.70 Å². The minimum atomic E-state index is -1.06. The standard InChI is InChI=1S/C20H21N5O3/c1-15(25-22-19(21-23-25)17-10-6-3-7-11-17)20(28)24(14-18(26)27)13-12-16-8-4-2-5-9-16/h2-11,15H,12-14H2,1H3,(H,26,27). The number of carboxylic acids is 1. The quantitative estimate of drug-likeness (QED) is 0.643. The summed E-state index contributed by atoms with van der Waals surface area (Å²) in [5.74, 6) is -1.02. The molecule has 1 aromatic heterocycles. The molecule has 1 unspecified atom stereocenters. The van der Waals surface area contributed by atoms with E-state index in [4.69, 9.17) is 0 Å². The Hall–Kier alpha value is -3.55. The van der Waals surface area contributed by atoms with Crippen LogP contribution in [0, 0.1) is 0 Å². The topological polar surface area (TPSA) is 101 Å². The van der Waals surface area contributed by atoms with E-state index >= 15 is 0 Å². The monoisotopic (exact) mass is 379 g/mol. The third kappa shape index (κ3) is 4.79. The Morgan fingerprint density at radius 1 is 1.07 bits per heavy atom. The van der Waals surface area contributed by atoms with Gasteiger partial charge >= 0.3 is 5.97 Å². The second kappa shape index (κ2) is 8.90. The summed E-state index contributed by atoms with van der Waals surface area (Å²) in [7, 11) is 0. The first-order valence-corrected chi connectivity index (χ1v) is 8.94. The fourth-order valence-electron chi connectivity index (χ4n) is 2.79. The van der Waals surface area contributed by atoms with Gasteiger partial charge < -0.3 is 10.0 Å². The smallest absolute Gasteiger partial charge is 0.323 e. The van der Waals surface area contributed by atoms with Gasteiger partial charge in [0.2, 0.25) is 11.7 Å². The van der Waals surface area contributed by atoms with Gasteiger partial charge in [-0.3, -0.25) is 9.59 Å². The van der Waals surface area contributed by atoms with Crippen LogP contribution in [-0.2, 0) is 16.0 Å². The maximum atomic E-state index is 12.9. The van der Waals surface area contributed by atoms with Gasteiger partial charge in [0, 0.05) is 12.1 Å². The Balaban J connectivity index is 1.72. The first-order chi connectivity index (χ1) is 13.5. The average Bonchev–Trinajstić information content (AvgIpc) is 3.21. The lowest BCUT2D eigenvalue weighted by molar-refractivity contribution is -0.146. The van der Waals surface area contributed by atoms with Crippen molar-refractivity contribution in [2.75, 3.05) is 13.1 Å². The van der Waals surface area contributed by atoms with Crippen LogP contribution >= 0.6 is 0 Å². The largest absolute Gasteiger partial charge is 0.480 e. The van der Waals surface area contributed by atoms with E-state index in [9.17, 15) is 14.7 Å². The molecule has 2 aromatic carbocycles. The molecule has 0 saturated heterocycles. The molecule has 1 heterocycles. The summed E-state index contributed by atoms with van der Waals surface area (Å²) in [5.41, 5.74) is 1.82. The molecule has 0 spiro atoms. The van der Waals surface area contributed by atoms with Crippen LogP contribution in [0.25, 0.3) is 11.4 Å². The number of aliphatic carboxylic acids is 1. The van der Waals surface area contributed by atoms with Gasteiger partial charge in [0.25, 0.3) is 0 Å². The molecule has 0 fully saturated rings. The first kappa shape index (κ1) is 19.2. The van der Waals surface area contributed by atoms with Crippen molar-refractivity contribution in [2.24, 2.45) is 0 Å². The fourth-order valence-corrected chi connectivity index (χ4v) is 2.79. The van der Waals surface area contributed by atoms with Crippen LogP contribution in [0.3, 0.4) is 0 Å². The van der Waals surface area contributed by atoms with Crippen molar-refractivity contribution in [1.82, 2.24) is 25.1 Å². The molecule has 0 saturated carbocycles. The number of hydrogen-bond donors (Lipinski definition) is 1. The predicted molar refractivity (Wildman–Crippen MR) is 102 cm³/mol. The zero-order chi connectivity index (χ0) is 19.9. The van der Waals surface area contributed by atoms with Gasteiger partial charge in [-0.15, -0.1) is 10.2 Å². The summed E-state index contributed by atoms with van der Waals surface area (Å²) in [6.07, 6.45) is 0.562. The second-order valence-corrected chi connectivity index (χ2v) is 6.36. The lowest BCUT2D eigenvalue weighted by atomic mass is 10.1. The number of aromatic nitrogens is 4. The Labute approximate surface area is 162 Å². The fraction of sp³-hybridized carbons (Fsp3) is 0.250. The van der Waals surface area contributed by atoms with E-state index in [0.29, 0.717) is 18.8 Å². The molecule has 0 aliphatic rings. The maximum absolute atomic E-state index is 12.9. The molecule has 0 aliphatic heterocycles. The number of carbonyl (C=O) groups excluding carboxylic acids is 1. The molecule has 1 amide bonds. The van der Waals surface area contributed by atoms with E-state index < -0.39 is 12.0 Å². The lowest BCUT2D eigenvalue weighted by Gasteiger charge is -2.23. The third-order valence-corrected chi connectivity index (χ3v) is 4.32. The van der Waals surface area contributed by atoms with Crippen LogP contribution in [0.2, 0.25) is 0 Å². The lowest BCUT2D eigenvalue weighted by Crippen LogP contribution is -2.41. The second-order valence-electron chi connectivity index (χ2n) is 6.36. The Kier molecular flexibility index (Phi) is 6.11. The van der Waals surface area contributed by atoms with Crippen molar-refractivity contribution in [3.63, 3.8) is 0 Å². The van der Waals surface area contributed by atoms with Crippen LogP contribution < -0.4 is 0 Å². The normalized spacial score (nSPS) is 11.8. The van der Waals surface area contributed by atoms with Gasteiger partial charge in [0.1, 0.15) is 12.6 Å². The molecule has 3 rings (SSSR count). The van der Waals surface area contributed by atoms with Crippen LogP contribution in [0.4, 0.5) is 0 Å². The van der Waals surface area contributed by atoms with E-state index in [0.717, 1.165) is 11.1 Å². The molecular formula is C20H21N5O3. The summed E-state index contributed by atoms with van der Waals surface area (Å²) in [6.45, 7) is 1.55. The summed E-state index contributed by atoms with van der Waals surface area (Å²) < 4.78 is 0. The first-order valence-electron chi connectivity index (χ1n) is 8.94. The van der Waals surface area contributed by atoms with Crippen molar-refractivity contribution in [3.05, 3.63) is 66.2 Å².